The average molecular weight is 348 g/mol. The largest absolute Gasteiger partial charge is 0.379 e. The van der Waals surface area contributed by atoms with E-state index in [0.717, 1.165) is 50.7 Å². The number of hydrogen-bond acceptors (Lipinski definition) is 5. The van der Waals surface area contributed by atoms with Crippen LogP contribution in [0.1, 0.15) is 37.9 Å². The molecule has 2 aromatic rings. The zero-order valence-corrected chi connectivity index (χ0v) is 14.5. The third-order valence-electron chi connectivity index (χ3n) is 5.24. The molecule has 2 fully saturated rings. The fraction of sp³-hybridized carbons (Fsp3) is 0.588. The standard InChI is InChI=1S/C17H22ClN5O/c18-14-5-4-6-15(13-14)23-16(19-20-21-23)17(7-2-1-3-8-17)22-9-11-24-12-10-22/h4-6,13H,1-3,7-12H2. The molecule has 1 saturated carbocycles. The van der Waals surface area contributed by atoms with Gasteiger partial charge in [-0.3, -0.25) is 4.90 Å². The highest BCUT2D eigenvalue weighted by atomic mass is 35.5. The Balaban J connectivity index is 1.78. The Morgan fingerprint density at radius 1 is 1.08 bits per heavy atom. The smallest absolute Gasteiger partial charge is 0.176 e. The van der Waals surface area contributed by atoms with Gasteiger partial charge in [0.1, 0.15) is 0 Å². The van der Waals surface area contributed by atoms with Crippen LogP contribution in [0.25, 0.3) is 5.69 Å². The van der Waals surface area contributed by atoms with E-state index in [4.69, 9.17) is 16.3 Å². The van der Waals surface area contributed by atoms with Crippen molar-refractivity contribution < 1.29 is 4.74 Å². The highest BCUT2D eigenvalue weighted by Gasteiger charge is 2.44. The van der Waals surface area contributed by atoms with E-state index in [-0.39, 0.29) is 5.54 Å². The zero-order valence-electron chi connectivity index (χ0n) is 13.7. The highest BCUT2D eigenvalue weighted by molar-refractivity contribution is 6.30. The molecule has 2 heterocycles. The highest BCUT2D eigenvalue weighted by Crippen LogP contribution is 2.42. The molecule has 7 heteroatoms. The summed E-state index contributed by atoms with van der Waals surface area (Å²) in [6.07, 6.45) is 5.88. The van der Waals surface area contributed by atoms with Crippen LogP contribution >= 0.6 is 11.6 Å². The summed E-state index contributed by atoms with van der Waals surface area (Å²) in [6.45, 7) is 3.42. The van der Waals surface area contributed by atoms with Crippen molar-refractivity contribution in [2.75, 3.05) is 26.3 Å². The molecule has 1 saturated heterocycles. The molecule has 0 atom stereocenters. The maximum atomic E-state index is 6.17. The maximum absolute atomic E-state index is 6.17. The molecule has 2 aliphatic rings. The van der Waals surface area contributed by atoms with Gasteiger partial charge in [0.05, 0.1) is 24.4 Å². The van der Waals surface area contributed by atoms with E-state index in [9.17, 15) is 0 Å². The molecule has 128 valence electrons. The average Bonchev–Trinajstić information content (AvgIpc) is 3.13. The number of rotatable bonds is 3. The van der Waals surface area contributed by atoms with Crippen LogP contribution in [0.5, 0.6) is 0 Å². The van der Waals surface area contributed by atoms with Crippen LogP contribution in [0, 0.1) is 0 Å². The summed E-state index contributed by atoms with van der Waals surface area (Å²) in [6, 6.07) is 7.72. The number of tetrazole rings is 1. The van der Waals surface area contributed by atoms with Gasteiger partial charge in [-0.15, -0.1) is 5.10 Å². The van der Waals surface area contributed by atoms with Crippen LogP contribution in [0.4, 0.5) is 0 Å². The number of ether oxygens (including phenoxy) is 1. The van der Waals surface area contributed by atoms with E-state index >= 15 is 0 Å². The first-order valence-electron chi connectivity index (χ1n) is 8.67. The molecule has 1 aliphatic heterocycles. The summed E-state index contributed by atoms with van der Waals surface area (Å²) in [7, 11) is 0. The lowest BCUT2D eigenvalue weighted by Crippen LogP contribution is -2.53. The zero-order chi connectivity index (χ0) is 16.4. The van der Waals surface area contributed by atoms with Crippen LogP contribution in [-0.2, 0) is 10.3 Å². The molecule has 24 heavy (non-hydrogen) atoms. The van der Waals surface area contributed by atoms with Crippen LogP contribution in [0.3, 0.4) is 0 Å². The van der Waals surface area contributed by atoms with Crippen molar-refractivity contribution >= 4 is 11.6 Å². The van der Waals surface area contributed by atoms with Gasteiger partial charge in [0.15, 0.2) is 5.82 Å². The number of morpholine rings is 1. The van der Waals surface area contributed by atoms with E-state index < -0.39 is 0 Å². The first-order chi connectivity index (χ1) is 11.8. The van der Waals surface area contributed by atoms with E-state index in [1.165, 1.54) is 19.3 Å². The van der Waals surface area contributed by atoms with Gasteiger partial charge in [0.2, 0.25) is 0 Å². The van der Waals surface area contributed by atoms with Crippen molar-refractivity contribution in [3.63, 3.8) is 0 Å². The minimum absolute atomic E-state index is 0.103. The normalized spacial score (nSPS) is 21.7. The van der Waals surface area contributed by atoms with Crippen molar-refractivity contribution in [3.05, 3.63) is 35.1 Å². The second-order valence-corrected chi connectivity index (χ2v) is 7.02. The van der Waals surface area contributed by atoms with E-state index in [1.54, 1.807) is 0 Å². The molecule has 6 nitrogen and oxygen atoms in total. The van der Waals surface area contributed by atoms with Crippen LogP contribution in [0.2, 0.25) is 5.02 Å². The molecule has 0 bridgehead atoms. The Labute approximate surface area is 146 Å². The lowest BCUT2D eigenvalue weighted by Gasteiger charge is -2.46. The molecule has 0 spiro atoms. The number of halogens is 1. The summed E-state index contributed by atoms with van der Waals surface area (Å²) in [5.41, 5.74) is 0.814. The fourth-order valence-electron chi connectivity index (χ4n) is 4.07. The fourth-order valence-corrected chi connectivity index (χ4v) is 4.25. The van der Waals surface area contributed by atoms with Gasteiger partial charge < -0.3 is 4.74 Å². The van der Waals surface area contributed by atoms with Crippen molar-refractivity contribution in [1.29, 1.82) is 0 Å². The van der Waals surface area contributed by atoms with E-state index in [2.05, 4.69) is 20.4 Å². The summed E-state index contributed by atoms with van der Waals surface area (Å²) < 4.78 is 7.43. The third kappa shape index (κ3) is 2.83. The van der Waals surface area contributed by atoms with E-state index in [0.29, 0.717) is 5.02 Å². The molecular formula is C17H22ClN5O. The summed E-state index contributed by atoms with van der Waals surface area (Å²) in [5, 5.41) is 13.4. The molecule has 0 N–H and O–H groups in total. The van der Waals surface area contributed by atoms with Gasteiger partial charge in [0.25, 0.3) is 0 Å². The minimum atomic E-state index is -0.103. The molecule has 1 aromatic heterocycles. The lowest BCUT2D eigenvalue weighted by atomic mass is 9.79. The number of nitrogens with zero attached hydrogens (tertiary/aromatic N) is 5. The Bertz CT molecular complexity index is 692. The molecule has 1 aromatic carbocycles. The maximum Gasteiger partial charge on any atom is 0.176 e. The van der Waals surface area contributed by atoms with Crippen molar-refractivity contribution in [1.82, 2.24) is 25.1 Å². The molecule has 0 radical (unpaired) electrons. The van der Waals surface area contributed by atoms with Crippen molar-refractivity contribution in [2.45, 2.75) is 37.6 Å². The Morgan fingerprint density at radius 2 is 1.88 bits per heavy atom. The molecule has 0 unspecified atom stereocenters. The quantitative estimate of drug-likeness (QED) is 0.854. The monoisotopic (exact) mass is 347 g/mol. The third-order valence-corrected chi connectivity index (χ3v) is 5.47. The SMILES string of the molecule is Clc1cccc(-n2nnnc2C2(N3CCOCC3)CCCCC2)c1. The Kier molecular flexibility index (Phi) is 4.52. The van der Waals surface area contributed by atoms with Crippen molar-refractivity contribution in [3.8, 4) is 5.69 Å². The van der Waals surface area contributed by atoms with Gasteiger partial charge in [-0.05, 0) is 41.5 Å². The summed E-state index contributed by atoms with van der Waals surface area (Å²) in [5.74, 6) is 0.936. The first-order valence-corrected chi connectivity index (χ1v) is 9.05. The minimum Gasteiger partial charge on any atom is -0.379 e. The topological polar surface area (TPSA) is 56.1 Å². The van der Waals surface area contributed by atoms with Crippen LogP contribution in [-0.4, -0.2) is 51.4 Å². The Morgan fingerprint density at radius 3 is 2.62 bits per heavy atom. The summed E-state index contributed by atoms with van der Waals surface area (Å²) in [4.78, 5) is 2.53. The van der Waals surface area contributed by atoms with Gasteiger partial charge >= 0.3 is 0 Å². The Hall–Kier alpha value is -1.50. The first kappa shape index (κ1) is 16.0. The van der Waals surface area contributed by atoms with E-state index in [1.807, 2.05) is 28.9 Å². The van der Waals surface area contributed by atoms with Gasteiger partial charge in [0, 0.05) is 18.1 Å². The van der Waals surface area contributed by atoms with Gasteiger partial charge in [-0.1, -0.05) is 36.9 Å². The molecule has 4 rings (SSSR count). The second-order valence-electron chi connectivity index (χ2n) is 6.59. The van der Waals surface area contributed by atoms with Gasteiger partial charge in [-0.25, -0.2) is 0 Å². The number of aromatic nitrogens is 4. The number of benzene rings is 1. The predicted molar refractivity (Wildman–Crippen MR) is 91.3 cm³/mol. The lowest BCUT2D eigenvalue weighted by molar-refractivity contribution is -0.0451. The predicted octanol–water partition coefficient (Wildman–Crippen LogP) is 2.81. The van der Waals surface area contributed by atoms with Crippen LogP contribution < -0.4 is 0 Å². The molecule has 0 amide bonds. The van der Waals surface area contributed by atoms with Gasteiger partial charge in [-0.2, -0.15) is 4.68 Å². The summed E-state index contributed by atoms with van der Waals surface area (Å²) >= 11 is 6.17. The molecule has 1 aliphatic carbocycles. The van der Waals surface area contributed by atoms with Crippen LogP contribution in [0.15, 0.2) is 24.3 Å². The second kappa shape index (κ2) is 6.78. The number of hydrogen-bond donors (Lipinski definition) is 0. The van der Waals surface area contributed by atoms with Crippen molar-refractivity contribution in [2.24, 2.45) is 0 Å². The molecular weight excluding hydrogens is 326 g/mol.